The van der Waals surface area contributed by atoms with Crippen LogP contribution in [0.25, 0.3) is 0 Å². The summed E-state index contributed by atoms with van der Waals surface area (Å²) >= 11 is 0. The van der Waals surface area contributed by atoms with E-state index >= 15 is 0 Å². The van der Waals surface area contributed by atoms with Crippen molar-refractivity contribution >= 4 is 0 Å². The smallest absolute Gasteiger partial charge is 0.0481 e. The van der Waals surface area contributed by atoms with Gasteiger partial charge in [0, 0.05) is 36.2 Å². The highest BCUT2D eigenvalue weighted by Crippen LogP contribution is 2.32. The molecule has 1 aliphatic rings. The molecule has 20 heavy (non-hydrogen) atoms. The predicted molar refractivity (Wildman–Crippen MR) is 80.4 cm³/mol. The van der Waals surface area contributed by atoms with Gasteiger partial charge in [-0.3, -0.25) is 9.97 Å². The minimum Gasteiger partial charge on any atom is -0.327 e. The van der Waals surface area contributed by atoms with Crippen LogP contribution in [0, 0.1) is 0 Å². The number of hydrogen-bond acceptors (Lipinski definition) is 3. The summed E-state index contributed by atoms with van der Waals surface area (Å²) in [6.07, 6.45) is 11.2. The molecule has 0 spiro atoms. The Labute approximate surface area is 120 Å². The second-order valence-electron chi connectivity index (χ2n) is 5.61. The molecule has 3 rings (SSSR count). The molecule has 0 aliphatic heterocycles. The summed E-state index contributed by atoms with van der Waals surface area (Å²) in [4.78, 5) is 8.74. The summed E-state index contributed by atoms with van der Waals surface area (Å²) < 4.78 is 0. The van der Waals surface area contributed by atoms with E-state index < -0.39 is 0 Å². The lowest BCUT2D eigenvalue weighted by atomic mass is 9.80. The van der Waals surface area contributed by atoms with Crippen LogP contribution >= 0.6 is 0 Å². The van der Waals surface area contributed by atoms with Gasteiger partial charge in [0.25, 0.3) is 0 Å². The van der Waals surface area contributed by atoms with Crippen molar-refractivity contribution in [2.75, 3.05) is 0 Å². The standard InChI is InChI=1S/C17H21N3/c18-16(9-8-13-4-2-10-19-12-13)15-7-1-5-14-6-3-11-20-17(14)15/h2-4,6,10-12,15-16H,1,5,7-9,18H2. The summed E-state index contributed by atoms with van der Waals surface area (Å²) in [5.74, 6) is 0.414. The first-order chi connectivity index (χ1) is 9.84. The van der Waals surface area contributed by atoms with Crippen molar-refractivity contribution in [1.82, 2.24) is 9.97 Å². The SMILES string of the molecule is NC(CCc1cccnc1)C1CCCc2cccnc21. The molecule has 0 saturated heterocycles. The van der Waals surface area contributed by atoms with Crippen LogP contribution < -0.4 is 5.73 Å². The zero-order valence-electron chi connectivity index (χ0n) is 11.7. The summed E-state index contributed by atoms with van der Waals surface area (Å²) in [7, 11) is 0. The predicted octanol–water partition coefficient (Wildman–Crippen LogP) is 2.86. The van der Waals surface area contributed by atoms with Crippen molar-refractivity contribution in [1.29, 1.82) is 0 Å². The van der Waals surface area contributed by atoms with Crippen LogP contribution in [0.3, 0.4) is 0 Å². The highest BCUT2D eigenvalue weighted by molar-refractivity contribution is 5.27. The fraction of sp³-hybridized carbons (Fsp3) is 0.412. The van der Waals surface area contributed by atoms with Gasteiger partial charge in [0.1, 0.15) is 0 Å². The topological polar surface area (TPSA) is 51.8 Å². The van der Waals surface area contributed by atoms with Crippen LogP contribution in [0.2, 0.25) is 0 Å². The van der Waals surface area contributed by atoms with Crippen molar-refractivity contribution in [3.63, 3.8) is 0 Å². The Bertz CT molecular complexity index is 553. The molecule has 1 aliphatic carbocycles. The second-order valence-corrected chi connectivity index (χ2v) is 5.61. The van der Waals surface area contributed by atoms with Gasteiger partial charge in [0.05, 0.1) is 0 Å². The van der Waals surface area contributed by atoms with E-state index in [1.807, 2.05) is 30.7 Å². The molecule has 3 heteroatoms. The van der Waals surface area contributed by atoms with Crippen molar-refractivity contribution in [3.8, 4) is 0 Å². The van der Waals surface area contributed by atoms with E-state index in [9.17, 15) is 0 Å². The maximum absolute atomic E-state index is 6.45. The molecule has 2 atom stereocenters. The van der Waals surface area contributed by atoms with E-state index in [0.29, 0.717) is 5.92 Å². The third kappa shape index (κ3) is 2.88. The van der Waals surface area contributed by atoms with E-state index in [1.54, 1.807) is 0 Å². The molecule has 2 N–H and O–H groups in total. The van der Waals surface area contributed by atoms with Gasteiger partial charge in [-0.25, -0.2) is 0 Å². The lowest BCUT2D eigenvalue weighted by Gasteiger charge is -2.29. The molecule has 0 bridgehead atoms. The molecule has 0 radical (unpaired) electrons. The van der Waals surface area contributed by atoms with Crippen LogP contribution in [0.15, 0.2) is 42.9 Å². The molecule has 2 aromatic heterocycles. The molecule has 0 aromatic carbocycles. The summed E-state index contributed by atoms with van der Waals surface area (Å²) in [5.41, 5.74) is 10.3. The Balaban J connectivity index is 1.67. The second kappa shape index (κ2) is 6.14. The monoisotopic (exact) mass is 267 g/mol. The maximum Gasteiger partial charge on any atom is 0.0481 e. The Kier molecular flexibility index (Phi) is 4.07. The molecule has 3 nitrogen and oxygen atoms in total. The van der Waals surface area contributed by atoms with Crippen molar-refractivity contribution < 1.29 is 0 Å². The first-order valence-electron chi connectivity index (χ1n) is 7.43. The molecular formula is C17H21N3. The number of aromatic nitrogens is 2. The van der Waals surface area contributed by atoms with E-state index in [2.05, 4.69) is 22.1 Å². The molecule has 0 fully saturated rings. The summed E-state index contributed by atoms with van der Waals surface area (Å²) in [6.45, 7) is 0. The molecule has 0 amide bonds. The lowest BCUT2D eigenvalue weighted by Crippen LogP contribution is -2.32. The minimum absolute atomic E-state index is 0.184. The number of pyridine rings is 2. The van der Waals surface area contributed by atoms with Crippen molar-refractivity contribution in [2.24, 2.45) is 5.73 Å². The van der Waals surface area contributed by atoms with Gasteiger partial charge < -0.3 is 5.73 Å². The molecular weight excluding hydrogens is 246 g/mol. The van der Waals surface area contributed by atoms with Gasteiger partial charge in [0.2, 0.25) is 0 Å². The first-order valence-corrected chi connectivity index (χ1v) is 7.43. The number of rotatable bonds is 4. The fourth-order valence-corrected chi connectivity index (χ4v) is 3.14. The number of hydrogen-bond donors (Lipinski definition) is 1. The van der Waals surface area contributed by atoms with Crippen molar-refractivity contribution in [2.45, 2.75) is 44.1 Å². The van der Waals surface area contributed by atoms with Crippen molar-refractivity contribution in [3.05, 3.63) is 59.7 Å². The number of nitrogens with two attached hydrogens (primary N) is 1. The van der Waals surface area contributed by atoms with Crippen LogP contribution in [0.1, 0.15) is 42.0 Å². The van der Waals surface area contributed by atoms with Gasteiger partial charge in [0.15, 0.2) is 0 Å². The number of aryl methyl sites for hydroxylation is 2. The van der Waals surface area contributed by atoms with Crippen LogP contribution in [-0.2, 0) is 12.8 Å². The largest absolute Gasteiger partial charge is 0.327 e. The fourth-order valence-electron chi connectivity index (χ4n) is 3.14. The average Bonchev–Trinajstić information content (AvgIpc) is 2.53. The van der Waals surface area contributed by atoms with Crippen LogP contribution in [-0.4, -0.2) is 16.0 Å². The Morgan fingerprint density at radius 3 is 3.00 bits per heavy atom. The van der Waals surface area contributed by atoms with E-state index in [0.717, 1.165) is 25.7 Å². The van der Waals surface area contributed by atoms with Gasteiger partial charge >= 0.3 is 0 Å². The molecule has 2 unspecified atom stereocenters. The van der Waals surface area contributed by atoms with Gasteiger partial charge in [-0.1, -0.05) is 12.1 Å². The highest BCUT2D eigenvalue weighted by Gasteiger charge is 2.26. The van der Waals surface area contributed by atoms with Gasteiger partial charge in [-0.15, -0.1) is 0 Å². The zero-order chi connectivity index (χ0) is 13.8. The quantitative estimate of drug-likeness (QED) is 0.926. The van der Waals surface area contributed by atoms with E-state index in [-0.39, 0.29) is 6.04 Å². The van der Waals surface area contributed by atoms with Crippen LogP contribution in [0.4, 0.5) is 0 Å². The van der Waals surface area contributed by atoms with Crippen LogP contribution in [0.5, 0.6) is 0 Å². The highest BCUT2D eigenvalue weighted by atomic mass is 14.7. The zero-order valence-corrected chi connectivity index (χ0v) is 11.7. The molecule has 0 saturated carbocycles. The average molecular weight is 267 g/mol. The van der Waals surface area contributed by atoms with E-state index in [1.165, 1.54) is 23.2 Å². The third-order valence-electron chi connectivity index (χ3n) is 4.24. The normalized spacial score (nSPS) is 19.4. The number of nitrogens with zero attached hydrogens (tertiary/aromatic N) is 2. The maximum atomic E-state index is 6.45. The van der Waals surface area contributed by atoms with Gasteiger partial charge in [-0.05, 0) is 55.4 Å². The Hall–Kier alpha value is -1.74. The van der Waals surface area contributed by atoms with E-state index in [4.69, 9.17) is 5.73 Å². The Morgan fingerprint density at radius 2 is 2.15 bits per heavy atom. The summed E-state index contributed by atoms with van der Waals surface area (Å²) in [6, 6.07) is 8.51. The third-order valence-corrected chi connectivity index (χ3v) is 4.24. The molecule has 104 valence electrons. The Morgan fingerprint density at radius 1 is 1.25 bits per heavy atom. The molecule has 2 aromatic rings. The minimum atomic E-state index is 0.184. The summed E-state index contributed by atoms with van der Waals surface area (Å²) in [5, 5.41) is 0. The lowest BCUT2D eigenvalue weighted by molar-refractivity contribution is 0.432. The molecule has 2 heterocycles. The van der Waals surface area contributed by atoms with Gasteiger partial charge in [-0.2, -0.15) is 0 Å². The first kappa shape index (κ1) is 13.3. The number of fused-ring (bicyclic) bond motifs is 1.